The molecule has 0 radical (unpaired) electrons. The van der Waals surface area contributed by atoms with Crippen LogP contribution in [-0.2, 0) is 6.54 Å². The minimum absolute atomic E-state index is 0. The molecular formula is C18H28IN3O. The second-order valence-electron chi connectivity index (χ2n) is 6.59. The number of benzene rings is 1. The number of ether oxygens (including phenoxy) is 1. The number of aliphatic imine (C=N–C) groups is 1. The topological polar surface area (TPSA) is 50.8 Å². The summed E-state index contributed by atoms with van der Waals surface area (Å²) in [5.41, 5.74) is 8.50. The Labute approximate surface area is 156 Å². The average Bonchev–Trinajstić information content (AvgIpc) is 3.37. The van der Waals surface area contributed by atoms with Crippen molar-refractivity contribution in [1.82, 2.24) is 4.90 Å². The molecule has 1 saturated heterocycles. The number of likely N-dealkylation sites (tertiary alicyclic amines) is 1. The maximum absolute atomic E-state index is 6.14. The monoisotopic (exact) mass is 429 g/mol. The van der Waals surface area contributed by atoms with E-state index in [1.54, 1.807) is 0 Å². The van der Waals surface area contributed by atoms with E-state index in [9.17, 15) is 0 Å². The van der Waals surface area contributed by atoms with Gasteiger partial charge in [0.1, 0.15) is 5.75 Å². The average molecular weight is 429 g/mol. The van der Waals surface area contributed by atoms with Gasteiger partial charge in [0, 0.05) is 18.7 Å². The van der Waals surface area contributed by atoms with Crippen LogP contribution in [0.25, 0.3) is 0 Å². The lowest BCUT2D eigenvalue weighted by Crippen LogP contribution is -2.40. The number of rotatable bonds is 5. The van der Waals surface area contributed by atoms with E-state index in [2.05, 4.69) is 35.0 Å². The summed E-state index contributed by atoms with van der Waals surface area (Å²) in [6.07, 6.45) is 6.36. The van der Waals surface area contributed by atoms with Gasteiger partial charge in [-0.25, -0.2) is 4.99 Å². The summed E-state index contributed by atoms with van der Waals surface area (Å²) < 4.78 is 6.00. The first-order valence-electron chi connectivity index (χ1n) is 8.49. The van der Waals surface area contributed by atoms with Crippen LogP contribution in [0.15, 0.2) is 23.2 Å². The van der Waals surface area contributed by atoms with Gasteiger partial charge < -0.3 is 15.4 Å². The molecule has 2 fully saturated rings. The molecule has 0 spiro atoms. The predicted octanol–water partition coefficient (Wildman–Crippen LogP) is 3.70. The van der Waals surface area contributed by atoms with E-state index < -0.39 is 0 Å². The summed E-state index contributed by atoms with van der Waals surface area (Å²) in [6, 6.07) is 6.35. The third-order valence-corrected chi connectivity index (χ3v) is 4.49. The SMILES string of the molecule is Cc1ccc(CN=C(N)N2CCCCC2)c(OCC2CC2)c1.I. The van der Waals surface area contributed by atoms with Crippen LogP contribution in [0.2, 0.25) is 0 Å². The molecule has 0 atom stereocenters. The molecule has 23 heavy (non-hydrogen) atoms. The molecule has 1 aliphatic heterocycles. The summed E-state index contributed by atoms with van der Waals surface area (Å²) >= 11 is 0. The third kappa shape index (κ3) is 5.55. The van der Waals surface area contributed by atoms with Gasteiger partial charge in [-0.2, -0.15) is 0 Å². The summed E-state index contributed by atoms with van der Waals surface area (Å²) in [5, 5.41) is 0. The molecule has 0 unspecified atom stereocenters. The van der Waals surface area contributed by atoms with Gasteiger partial charge in [-0.3, -0.25) is 0 Å². The Kier molecular flexibility index (Phi) is 6.99. The highest BCUT2D eigenvalue weighted by atomic mass is 127. The van der Waals surface area contributed by atoms with Crippen molar-refractivity contribution < 1.29 is 4.74 Å². The van der Waals surface area contributed by atoms with Crippen molar-refractivity contribution in [2.45, 2.75) is 45.6 Å². The van der Waals surface area contributed by atoms with Crippen LogP contribution in [0.5, 0.6) is 5.75 Å². The standard InChI is InChI=1S/C18H27N3O.HI/c1-14-5-8-16(17(11-14)22-13-15-6-7-15)12-20-18(19)21-9-3-2-4-10-21;/h5,8,11,15H,2-4,6-7,9-10,12-13H2,1H3,(H2,19,20);1H. The fourth-order valence-electron chi connectivity index (χ4n) is 2.81. The summed E-state index contributed by atoms with van der Waals surface area (Å²) in [5.74, 6) is 2.41. The number of nitrogens with two attached hydrogens (primary N) is 1. The van der Waals surface area contributed by atoms with Crippen LogP contribution < -0.4 is 10.5 Å². The van der Waals surface area contributed by atoms with Crippen molar-refractivity contribution in [2.75, 3.05) is 19.7 Å². The fourth-order valence-corrected chi connectivity index (χ4v) is 2.81. The van der Waals surface area contributed by atoms with E-state index >= 15 is 0 Å². The van der Waals surface area contributed by atoms with Crippen LogP contribution in [-0.4, -0.2) is 30.6 Å². The van der Waals surface area contributed by atoms with Gasteiger partial charge in [0.25, 0.3) is 0 Å². The normalized spacial score (nSPS) is 18.5. The lowest BCUT2D eigenvalue weighted by molar-refractivity contribution is 0.296. The number of hydrogen-bond acceptors (Lipinski definition) is 2. The van der Waals surface area contributed by atoms with Gasteiger partial charge in [-0.1, -0.05) is 12.1 Å². The molecule has 0 bridgehead atoms. The van der Waals surface area contributed by atoms with Crippen molar-refractivity contribution >= 4 is 29.9 Å². The smallest absolute Gasteiger partial charge is 0.191 e. The largest absolute Gasteiger partial charge is 0.493 e. The highest BCUT2D eigenvalue weighted by Gasteiger charge is 2.22. The Morgan fingerprint density at radius 2 is 2.00 bits per heavy atom. The number of guanidine groups is 1. The van der Waals surface area contributed by atoms with E-state index in [4.69, 9.17) is 10.5 Å². The number of hydrogen-bond donors (Lipinski definition) is 1. The summed E-state index contributed by atoms with van der Waals surface area (Å²) in [4.78, 5) is 6.79. The summed E-state index contributed by atoms with van der Waals surface area (Å²) in [7, 11) is 0. The van der Waals surface area contributed by atoms with Crippen molar-refractivity contribution in [3.8, 4) is 5.75 Å². The Bertz CT molecular complexity index is 537. The van der Waals surface area contributed by atoms with E-state index in [0.717, 1.165) is 36.9 Å². The summed E-state index contributed by atoms with van der Waals surface area (Å²) in [6.45, 7) is 5.60. The first-order valence-corrected chi connectivity index (χ1v) is 8.49. The molecule has 1 aliphatic carbocycles. The molecular weight excluding hydrogens is 401 g/mol. The Balaban J connectivity index is 0.00000192. The molecule has 3 rings (SSSR count). The molecule has 1 aromatic rings. The molecule has 2 aliphatic rings. The lowest BCUT2D eigenvalue weighted by Gasteiger charge is -2.27. The first kappa shape index (κ1) is 18.4. The van der Waals surface area contributed by atoms with E-state index in [1.807, 2.05) is 0 Å². The van der Waals surface area contributed by atoms with Gasteiger partial charge in [0.2, 0.25) is 0 Å². The van der Waals surface area contributed by atoms with E-state index in [1.165, 1.54) is 37.7 Å². The zero-order valence-corrected chi connectivity index (χ0v) is 16.3. The number of halogens is 1. The molecule has 128 valence electrons. The van der Waals surface area contributed by atoms with Crippen LogP contribution in [0.4, 0.5) is 0 Å². The van der Waals surface area contributed by atoms with Gasteiger partial charge in [-0.15, -0.1) is 24.0 Å². The van der Waals surface area contributed by atoms with Crippen LogP contribution in [0.3, 0.4) is 0 Å². The molecule has 1 saturated carbocycles. The Hall–Kier alpha value is -0.980. The predicted molar refractivity (Wildman–Crippen MR) is 106 cm³/mol. The Morgan fingerprint density at radius 3 is 2.70 bits per heavy atom. The molecule has 1 aromatic carbocycles. The minimum atomic E-state index is 0. The second kappa shape index (κ2) is 8.76. The number of nitrogens with zero attached hydrogens (tertiary/aromatic N) is 2. The minimum Gasteiger partial charge on any atom is -0.493 e. The van der Waals surface area contributed by atoms with Gasteiger partial charge in [-0.05, 0) is 56.6 Å². The van der Waals surface area contributed by atoms with Crippen LogP contribution >= 0.6 is 24.0 Å². The molecule has 5 heteroatoms. The second-order valence-corrected chi connectivity index (χ2v) is 6.59. The quantitative estimate of drug-likeness (QED) is 0.441. The molecule has 1 heterocycles. The van der Waals surface area contributed by atoms with Crippen LogP contribution in [0, 0.1) is 12.8 Å². The molecule has 4 nitrogen and oxygen atoms in total. The Morgan fingerprint density at radius 1 is 1.26 bits per heavy atom. The molecule has 2 N–H and O–H groups in total. The highest BCUT2D eigenvalue weighted by Crippen LogP contribution is 2.31. The molecule has 0 amide bonds. The van der Waals surface area contributed by atoms with E-state index in [-0.39, 0.29) is 24.0 Å². The van der Waals surface area contributed by atoms with Crippen molar-refractivity contribution in [1.29, 1.82) is 0 Å². The number of piperidine rings is 1. The zero-order chi connectivity index (χ0) is 15.4. The van der Waals surface area contributed by atoms with Gasteiger partial charge >= 0.3 is 0 Å². The first-order chi connectivity index (χ1) is 10.7. The van der Waals surface area contributed by atoms with Gasteiger partial charge in [0.05, 0.1) is 13.2 Å². The van der Waals surface area contributed by atoms with Crippen molar-refractivity contribution in [2.24, 2.45) is 16.6 Å². The van der Waals surface area contributed by atoms with E-state index in [0.29, 0.717) is 12.5 Å². The van der Waals surface area contributed by atoms with Crippen molar-refractivity contribution in [3.05, 3.63) is 29.3 Å². The lowest BCUT2D eigenvalue weighted by atomic mass is 10.1. The number of aryl methyl sites for hydroxylation is 1. The maximum Gasteiger partial charge on any atom is 0.191 e. The van der Waals surface area contributed by atoms with Gasteiger partial charge in [0.15, 0.2) is 5.96 Å². The van der Waals surface area contributed by atoms with Crippen LogP contribution in [0.1, 0.15) is 43.2 Å². The van der Waals surface area contributed by atoms with Crippen molar-refractivity contribution in [3.63, 3.8) is 0 Å². The zero-order valence-electron chi connectivity index (χ0n) is 14.0. The highest BCUT2D eigenvalue weighted by molar-refractivity contribution is 14.0. The fraction of sp³-hybridized carbons (Fsp3) is 0.611. The third-order valence-electron chi connectivity index (χ3n) is 4.49. The molecule has 0 aromatic heterocycles. The maximum atomic E-state index is 6.14.